The molecule has 0 spiro atoms. The highest BCUT2D eigenvalue weighted by atomic mass is 19.1. The number of anilines is 1. The van der Waals surface area contributed by atoms with Gasteiger partial charge < -0.3 is 14.4 Å². The van der Waals surface area contributed by atoms with Crippen molar-refractivity contribution in [2.24, 2.45) is 0 Å². The molecule has 0 atom stereocenters. The Kier molecular flexibility index (Phi) is 5.22. The van der Waals surface area contributed by atoms with Crippen molar-refractivity contribution in [2.75, 3.05) is 38.1 Å². The van der Waals surface area contributed by atoms with Gasteiger partial charge in [0.25, 0.3) is 0 Å². The normalized spacial score (nSPS) is 14.8. The van der Waals surface area contributed by atoms with E-state index in [1.807, 2.05) is 18.0 Å². The van der Waals surface area contributed by atoms with E-state index in [4.69, 9.17) is 0 Å². The number of benzene rings is 2. The van der Waals surface area contributed by atoms with Crippen molar-refractivity contribution in [3.05, 3.63) is 75.3 Å². The Balaban J connectivity index is 1.87. The third-order valence-corrected chi connectivity index (χ3v) is 5.47. The average Bonchev–Trinajstić information content (AvgIpc) is 2.72. The van der Waals surface area contributed by atoms with Crippen molar-refractivity contribution in [2.45, 2.75) is 6.54 Å². The first kappa shape index (κ1) is 20.0. The molecule has 1 aliphatic rings. The van der Waals surface area contributed by atoms with Gasteiger partial charge in [0.2, 0.25) is 5.43 Å². The summed E-state index contributed by atoms with van der Waals surface area (Å²) in [4.78, 5) is 16.7. The molecule has 4 rings (SSSR count). The van der Waals surface area contributed by atoms with Crippen molar-refractivity contribution in [3.8, 4) is 6.07 Å². The van der Waals surface area contributed by atoms with Crippen LogP contribution in [-0.4, -0.2) is 42.7 Å². The van der Waals surface area contributed by atoms with Gasteiger partial charge in [-0.25, -0.2) is 13.2 Å². The van der Waals surface area contributed by atoms with Crippen LogP contribution in [0.5, 0.6) is 0 Å². The summed E-state index contributed by atoms with van der Waals surface area (Å²) in [5.74, 6) is -1.97. The number of hydrogen-bond donors (Lipinski definition) is 0. The van der Waals surface area contributed by atoms with Gasteiger partial charge in [-0.1, -0.05) is 6.07 Å². The molecule has 0 unspecified atom stereocenters. The molecule has 3 aromatic rings. The molecule has 0 aliphatic carbocycles. The maximum atomic E-state index is 14.9. The monoisotopic (exact) mass is 412 g/mol. The molecule has 0 N–H and O–H groups in total. The quantitative estimate of drug-likeness (QED) is 0.664. The minimum Gasteiger partial charge on any atom is -0.367 e. The van der Waals surface area contributed by atoms with Crippen molar-refractivity contribution < 1.29 is 13.2 Å². The minimum atomic E-state index is -0.734. The predicted octanol–water partition coefficient (Wildman–Crippen LogP) is 3.09. The smallest absolute Gasteiger partial charge is 0.207 e. The molecular weight excluding hydrogens is 393 g/mol. The Bertz CT molecular complexity index is 1220. The van der Waals surface area contributed by atoms with Gasteiger partial charge in [0, 0.05) is 44.0 Å². The molecule has 154 valence electrons. The van der Waals surface area contributed by atoms with Crippen LogP contribution >= 0.6 is 0 Å². The third kappa shape index (κ3) is 3.64. The molecule has 0 saturated carbocycles. The fraction of sp³-hybridized carbons (Fsp3) is 0.273. The van der Waals surface area contributed by atoms with Gasteiger partial charge in [0.1, 0.15) is 29.1 Å². The van der Waals surface area contributed by atoms with Gasteiger partial charge in [0.05, 0.1) is 23.1 Å². The lowest BCUT2D eigenvalue weighted by molar-refractivity contribution is 0.312. The molecule has 30 heavy (non-hydrogen) atoms. The number of piperazine rings is 1. The second kappa shape index (κ2) is 7.84. The second-order valence-electron chi connectivity index (χ2n) is 7.46. The van der Waals surface area contributed by atoms with Crippen LogP contribution in [0.4, 0.5) is 18.9 Å². The van der Waals surface area contributed by atoms with E-state index in [-0.39, 0.29) is 23.1 Å². The van der Waals surface area contributed by atoms with E-state index in [9.17, 15) is 23.2 Å². The number of fused-ring (bicyclic) bond motifs is 1. The molecule has 1 fully saturated rings. The predicted molar refractivity (Wildman–Crippen MR) is 108 cm³/mol. The molecule has 1 saturated heterocycles. The molecule has 2 heterocycles. The highest BCUT2D eigenvalue weighted by Gasteiger charge is 2.20. The van der Waals surface area contributed by atoms with Crippen LogP contribution in [0, 0.1) is 28.8 Å². The van der Waals surface area contributed by atoms with Gasteiger partial charge in [-0.2, -0.15) is 5.26 Å². The van der Waals surface area contributed by atoms with Crippen molar-refractivity contribution in [1.29, 1.82) is 5.26 Å². The SMILES string of the molecule is CN1CCN(c2cc3c(cc2F)c(=O)c(C#N)cn3Cc2ccc(F)cc2F)CC1. The van der Waals surface area contributed by atoms with E-state index in [0.717, 1.165) is 31.3 Å². The molecule has 1 aliphatic heterocycles. The van der Waals surface area contributed by atoms with Crippen LogP contribution in [0.25, 0.3) is 10.9 Å². The standard InChI is InChI=1S/C22H19F3N4O/c1-27-4-6-28(7-5-27)21-10-20-17(9-19(21)25)22(30)15(11-26)13-29(20)12-14-2-3-16(23)8-18(14)24/h2-3,8-10,13H,4-7,12H2,1H3. The Morgan fingerprint density at radius 1 is 1.03 bits per heavy atom. The van der Waals surface area contributed by atoms with Gasteiger partial charge in [-0.05, 0) is 25.2 Å². The first-order valence-corrected chi connectivity index (χ1v) is 9.51. The van der Waals surface area contributed by atoms with Crippen molar-refractivity contribution in [3.63, 3.8) is 0 Å². The fourth-order valence-electron chi connectivity index (χ4n) is 3.73. The number of aromatic nitrogens is 1. The van der Waals surface area contributed by atoms with Crippen LogP contribution in [0.2, 0.25) is 0 Å². The highest BCUT2D eigenvalue weighted by molar-refractivity contribution is 5.84. The first-order chi connectivity index (χ1) is 14.4. The summed E-state index contributed by atoms with van der Waals surface area (Å²) in [7, 11) is 1.99. The zero-order chi connectivity index (χ0) is 21.4. The summed E-state index contributed by atoms with van der Waals surface area (Å²) in [6.07, 6.45) is 1.33. The minimum absolute atomic E-state index is 0.0363. The lowest BCUT2D eigenvalue weighted by Gasteiger charge is -2.34. The summed E-state index contributed by atoms with van der Waals surface area (Å²) in [6, 6.07) is 7.76. The van der Waals surface area contributed by atoms with Crippen molar-refractivity contribution >= 4 is 16.6 Å². The Hall–Kier alpha value is -3.31. The number of rotatable bonds is 3. The summed E-state index contributed by atoms with van der Waals surface area (Å²) >= 11 is 0. The van der Waals surface area contributed by atoms with Gasteiger partial charge in [0.15, 0.2) is 0 Å². The van der Waals surface area contributed by atoms with Crippen LogP contribution < -0.4 is 10.3 Å². The summed E-state index contributed by atoms with van der Waals surface area (Å²) < 4.78 is 43.9. The lowest BCUT2D eigenvalue weighted by Crippen LogP contribution is -2.44. The van der Waals surface area contributed by atoms with Gasteiger partial charge >= 0.3 is 0 Å². The van der Waals surface area contributed by atoms with E-state index < -0.39 is 22.9 Å². The number of pyridine rings is 1. The summed E-state index contributed by atoms with van der Waals surface area (Å²) in [5, 5.41) is 9.37. The van der Waals surface area contributed by atoms with E-state index in [2.05, 4.69) is 4.90 Å². The van der Waals surface area contributed by atoms with Crippen LogP contribution in [0.3, 0.4) is 0 Å². The molecule has 0 bridgehead atoms. The number of likely N-dealkylation sites (N-methyl/N-ethyl adjacent to an activating group) is 1. The molecule has 8 heteroatoms. The maximum absolute atomic E-state index is 14.9. The molecule has 1 aromatic heterocycles. The number of nitrogens with zero attached hydrogens (tertiary/aromatic N) is 4. The Morgan fingerprint density at radius 3 is 2.43 bits per heavy atom. The third-order valence-electron chi connectivity index (χ3n) is 5.47. The molecule has 0 radical (unpaired) electrons. The fourth-order valence-corrected chi connectivity index (χ4v) is 3.73. The van der Waals surface area contributed by atoms with Crippen LogP contribution in [0.15, 0.2) is 41.3 Å². The molecular formula is C22H19F3N4O. The first-order valence-electron chi connectivity index (χ1n) is 9.51. The topological polar surface area (TPSA) is 52.3 Å². The zero-order valence-electron chi connectivity index (χ0n) is 16.3. The van der Waals surface area contributed by atoms with E-state index in [1.165, 1.54) is 16.8 Å². The van der Waals surface area contributed by atoms with E-state index in [1.54, 1.807) is 6.07 Å². The number of nitriles is 1. The highest BCUT2D eigenvalue weighted by Crippen LogP contribution is 2.27. The van der Waals surface area contributed by atoms with Gasteiger partial charge in [-0.15, -0.1) is 0 Å². The lowest BCUT2D eigenvalue weighted by atomic mass is 10.1. The van der Waals surface area contributed by atoms with E-state index in [0.29, 0.717) is 24.3 Å². The largest absolute Gasteiger partial charge is 0.367 e. The molecule has 0 amide bonds. The van der Waals surface area contributed by atoms with Gasteiger partial charge in [-0.3, -0.25) is 4.79 Å². The van der Waals surface area contributed by atoms with E-state index >= 15 is 0 Å². The molecule has 2 aromatic carbocycles. The molecule has 5 nitrogen and oxygen atoms in total. The van der Waals surface area contributed by atoms with Crippen LogP contribution in [0.1, 0.15) is 11.1 Å². The summed E-state index contributed by atoms with van der Waals surface area (Å²) in [5.41, 5.74) is 0.186. The van der Waals surface area contributed by atoms with Crippen molar-refractivity contribution in [1.82, 2.24) is 9.47 Å². The number of halogens is 3. The van der Waals surface area contributed by atoms with Crippen LogP contribution in [-0.2, 0) is 6.54 Å². The maximum Gasteiger partial charge on any atom is 0.207 e. The Labute approximate surface area is 171 Å². The zero-order valence-corrected chi connectivity index (χ0v) is 16.3. The average molecular weight is 412 g/mol. The second-order valence-corrected chi connectivity index (χ2v) is 7.46. The summed E-state index contributed by atoms with van der Waals surface area (Å²) in [6.45, 7) is 2.78. The number of hydrogen-bond acceptors (Lipinski definition) is 4. The Morgan fingerprint density at radius 2 is 1.77 bits per heavy atom.